The summed E-state index contributed by atoms with van der Waals surface area (Å²) >= 11 is 13.1. The Labute approximate surface area is 119 Å². The molecule has 0 aliphatic rings. The summed E-state index contributed by atoms with van der Waals surface area (Å²) in [4.78, 5) is 16.9. The van der Waals surface area contributed by atoms with Gasteiger partial charge in [0.05, 0.1) is 10.7 Å². The fraction of sp³-hybridized carbons (Fsp3) is 0.167. The van der Waals surface area contributed by atoms with Crippen LogP contribution in [0.5, 0.6) is 0 Å². The molecule has 3 nitrogen and oxygen atoms in total. The van der Waals surface area contributed by atoms with Gasteiger partial charge in [0.1, 0.15) is 4.88 Å². The number of rotatable bonds is 2. The summed E-state index contributed by atoms with van der Waals surface area (Å²) < 4.78 is 0. The molecule has 18 heavy (non-hydrogen) atoms. The van der Waals surface area contributed by atoms with Crippen molar-refractivity contribution in [2.45, 2.75) is 13.8 Å². The van der Waals surface area contributed by atoms with Crippen molar-refractivity contribution >= 4 is 46.1 Å². The van der Waals surface area contributed by atoms with Crippen molar-refractivity contribution in [1.82, 2.24) is 4.98 Å². The number of aromatic nitrogens is 1. The van der Waals surface area contributed by atoms with Gasteiger partial charge in [-0.05, 0) is 32.0 Å². The van der Waals surface area contributed by atoms with Crippen molar-refractivity contribution in [3.63, 3.8) is 0 Å². The van der Waals surface area contributed by atoms with Crippen LogP contribution in [0, 0.1) is 13.8 Å². The molecular weight excluding hydrogens is 291 g/mol. The van der Waals surface area contributed by atoms with E-state index in [0.29, 0.717) is 20.6 Å². The summed E-state index contributed by atoms with van der Waals surface area (Å²) in [5.41, 5.74) is 1.30. The van der Waals surface area contributed by atoms with E-state index in [0.717, 1.165) is 10.7 Å². The van der Waals surface area contributed by atoms with E-state index in [4.69, 9.17) is 23.2 Å². The van der Waals surface area contributed by atoms with E-state index in [2.05, 4.69) is 10.3 Å². The normalized spacial score (nSPS) is 10.4. The van der Waals surface area contributed by atoms with Crippen LogP contribution >= 0.6 is 34.5 Å². The predicted octanol–water partition coefficient (Wildman–Crippen LogP) is 4.32. The number of carbonyl (C=O) groups is 1. The molecule has 1 amide bonds. The number of anilines is 1. The Balaban J connectivity index is 2.23. The van der Waals surface area contributed by atoms with E-state index in [1.165, 1.54) is 11.3 Å². The molecule has 0 saturated heterocycles. The SMILES string of the molecule is Cc1nc(C)c(C(=O)Nc2cc(Cl)cc(Cl)c2)s1. The number of benzene rings is 1. The lowest BCUT2D eigenvalue weighted by molar-refractivity contribution is 0.103. The molecule has 1 N–H and O–H groups in total. The molecule has 1 heterocycles. The zero-order valence-corrected chi connectivity index (χ0v) is 12.1. The van der Waals surface area contributed by atoms with Crippen molar-refractivity contribution in [2.24, 2.45) is 0 Å². The van der Waals surface area contributed by atoms with Crippen LogP contribution < -0.4 is 5.32 Å². The van der Waals surface area contributed by atoms with E-state index in [1.807, 2.05) is 13.8 Å². The van der Waals surface area contributed by atoms with Crippen LogP contribution in [0.4, 0.5) is 5.69 Å². The Hall–Kier alpha value is -1.10. The molecule has 0 spiro atoms. The second kappa shape index (κ2) is 5.26. The lowest BCUT2D eigenvalue weighted by Crippen LogP contribution is -2.11. The highest BCUT2D eigenvalue weighted by Crippen LogP contribution is 2.24. The van der Waals surface area contributed by atoms with E-state index >= 15 is 0 Å². The van der Waals surface area contributed by atoms with Gasteiger partial charge in [0.15, 0.2) is 0 Å². The summed E-state index contributed by atoms with van der Waals surface area (Å²) in [6.45, 7) is 3.67. The number of nitrogens with one attached hydrogen (secondary N) is 1. The Morgan fingerprint density at radius 3 is 2.33 bits per heavy atom. The highest BCUT2D eigenvalue weighted by molar-refractivity contribution is 7.13. The minimum atomic E-state index is -0.198. The van der Waals surface area contributed by atoms with Gasteiger partial charge in [0, 0.05) is 15.7 Å². The number of amides is 1. The smallest absolute Gasteiger partial charge is 0.267 e. The molecule has 0 aliphatic carbocycles. The molecule has 0 saturated carbocycles. The molecule has 0 radical (unpaired) electrons. The minimum absolute atomic E-state index is 0.198. The molecule has 0 fully saturated rings. The van der Waals surface area contributed by atoms with Crippen molar-refractivity contribution in [1.29, 1.82) is 0 Å². The van der Waals surface area contributed by atoms with E-state index in [-0.39, 0.29) is 5.91 Å². The molecular formula is C12H10Cl2N2OS. The summed E-state index contributed by atoms with van der Waals surface area (Å²) in [6, 6.07) is 4.91. The van der Waals surface area contributed by atoms with Gasteiger partial charge in [-0.3, -0.25) is 4.79 Å². The Bertz CT molecular complexity index is 590. The number of halogens is 2. The van der Waals surface area contributed by atoms with Gasteiger partial charge >= 0.3 is 0 Å². The van der Waals surface area contributed by atoms with Crippen LogP contribution in [-0.2, 0) is 0 Å². The van der Waals surface area contributed by atoms with Crippen molar-refractivity contribution in [2.75, 3.05) is 5.32 Å². The third-order valence-corrected chi connectivity index (χ3v) is 3.74. The third kappa shape index (κ3) is 3.02. The van der Waals surface area contributed by atoms with E-state index in [1.54, 1.807) is 18.2 Å². The van der Waals surface area contributed by atoms with Gasteiger partial charge in [-0.15, -0.1) is 11.3 Å². The Kier molecular flexibility index (Phi) is 3.90. The molecule has 6 heteroatoms. The monoisotopic (exact) mass is 300 g/mol. The first-order valence-corrected chi connectivity index (χ1v) is 6.74. The highest BCUT2D eigenvalue weighted by Gasteiger charge is 2.14. The summed E-state index contributed by atoms with van der Waals surface area (Å²) in [6.07, 6.45) is 0. The van der Waals surface area contributed by atoms with Gasteiger partial charge in [0.2, 0.25) is 0 Å². The number of nitrogens with zero attached hydrogens (tertiary/aromatic N) is 1. The van der Waals surface area contributed by atoms with Crippen LogP contribution in [0.25, 0.3) is 0 Å². The standard InChI is InChI=1S/C12H10Cl2N2OS/c1-6-11(18-7(2)15-6)12(17)16-10-4-8(13)3-9(14)5-10/h3-5H,1-2H3,(H,16,17). The number of aryl methyl sites for hydroxylation is 2. The lowest BCUT2D eigenvalue weighted by atomic mass is 10.3. The van der Waals surface area contributed by atoms with Crippen LogP contribution in [0.15, 0.2) is 18.2 Å². The molecule has 2 aromatic rings. The second-order valence-corrected chi connectivity index (χ2v) is 5.84. The van der Waals surface area contributed by atoms with Gasteiger partial charge in [-0.1, -0.05) is 23.2 Å². The van der Waals surface area contributed by atoms with Crippen LogP contribution in [0.2, 0.25) is 10.0 Å². The largest absolute Gasteiger partial charge is 0.321 e. The van der Waals surface area contributed by atoms with Crippen LogP contribution in [0.3, 0.4) is 0 Å². The topological polar surface area (TPSA) is 42.0 Å². The number of carbonyl (C=O) groups excluding carboxylic acids is 1. The first-order valence-electron chi connectivity index (χ1n) is 5.17. The fourth-order valence-corrected chi connectivity index (χ4v) is 2.90. The summed E-state index contributed by atoms with van der Waals surface area (Å²) in [7, 11) is 0. The zero-order chi connectivity index (χ0) is 13.3. The number of hydrogen-bond donors (Lipinski definition) is 1. The highest BCUT2D eigenvalue weighted by atomic mass is 35.5. The Morgan fingerprint density at radius 1 is 1.22 bits per heavy atom. The zero-order valence-electron chi connectivity index (χ0n) is 9.75. The predicted molar refractivity (Wildman–Crippen MR) is 76.0 cm³/mol. The average Bonchev–Trinajstić information content (AvgIpc) is 2.56. The maximum atomic E-state index is 12.0. The van der Waals surface area contributed by atoms with Crippen molar-refractivity contribution < 1.29 is 4.79 Å². The van der Waals surface area contributed by atoms with Gasteiger partial charge in [-0.25, -0.2) is 4.98 Å². The molecule has 0 bridgehead atoms. The first-order chi connectivity index (χ1) is 8.45. The number of hydrogen-bond acceptors (Lipinski definition) is 3. The molecule has 1 aromatic carbocycles. The first kappa shape index (κ1) is 13.3. The molecule has 0 unspecified atom stereocenters. The van der Waals surface area contributed by atoms with E-state index < -0.39 is 0 Å². The second-order valence-electron chi connectivity index (χ2n) is 3.76. The van der Waals surface area contributed by atoms with Gasteiger partial charge in [-0.2, -0.15) is 0 Å². The fourth-order valence-electron chi connectivity index (χ4n) is 1.56. The molecule has 0 aliphatic heterocycles. The van der Waals surface area contributed by atoms with Crippen molar-refractivity contribution in [3.05, 3.63) is 43.8 Å². The quantitative estimate of drug-likeness (QED) is 0.897. The lowest BCUT2D eigenvalue weighted by Gasteiger charge is -2.05. The Morgan fingerprint density at radius 2 is 1.83 bits per heavy atom. The van der Waals surface area contributed by atoms with Gasteiger partial charge < -0.3 is 5.32 Å². The van der Waals surface area contributed by atoms with Crippen LogP contribution in [0.1, 0.15) is 20.4 Å². The number of thiazole rings is 1. The average molecular weight is 301 g/mol. The third-order valence-electron chi connectivity index (χ3n) is 2.23. The molecule has 1 aromatic heterocycles. The minimum Gasteiger partial charge on any atom is -0.321 e. The summed E-state index contributed by atoms with van der Waals surface area (Å²) in [5, 5.41) is 4.58. The van der Waals surface area contributed by atoms with Crippen molar-refractivity contribution in [3.8, 4) is 0 Å². The maximum absolute atomic E-state index is 12.0. The van der Waals surface area contributed by atoms with Crippen LogP contribution in [-0.4, -0.2) is 10.9 Å². The maximum Gasteiger partial charge on any atom is 0.267 e. The molecule has 2 rings (SSSR count). The summed E-state index contributed by atoms with van der Waals surface area (Å²) in [5.74, 6) is -0.198. The van der Waals surface area contributed by atoms with Gasteiger partial charge in [0.25, 0.3) is 5.91 Å². The molecule has 94 valence electrons. The molecule has 0 atom stereocenters. The van der Waals surface area contributed by atoms with E-state index in [9.17, 15) is 4.79 Å².